The first-order chi connectivity index (χ1) is 11.8. The van der Waals surface area contributed by atoms with Gasteiger partial charge in [-0.15, -0.1) is 0 Å². The third-order valence-corrected chi connectivity index (χ3v) is 4.54. The van der Waals surface area contributed by atoms with Gasteiger partial charge in [-0.25, -0.2) is 0 Å². The van der Waals surface area contributed by atoms with Crippen molar-refractivity contribution in [3.8, 4) is 0 Å². The third-order valence-electron chi connectivity index (χ3n) is 4.54. The molecule has 1 N–H and O–H groups in total. The summed E-state index contributed by atoms with van der Waals surface area (Å²) in [7, 11) is 2.40. The van der Waals surface area contributed by atoms with Crippen LogP contribution in [0.3, 0.4) is 0 Å². The summed E-state index contributed by atoms with van der Waals surface area (Å²) in [6.45, 7) is 1.41. The maximum atomic E-state index is 12.4. The molecule has 0 amide bonds. The van der Waals surface area contributed by atoms with Crippen LogP contribution in [0.25, 0.3) is 6.08 Å². The van der Waals surface area contributed by atoms with Crippen molar-refractivity contribution in [3.05, 3.63) is 42.0 Å². The van der Waals surface area contributed by atoms with E-state index in [-0.39, 0.29) is 6.42 Å². The van der Waals surface area contributed by atoms with Gasteiger partial charge in [0.25, 0.3) is 0 Å². The first-order valence-electron chi connectivity index (χ1n) is 7.96. The fraction of sp³-hybridized carbons (Fsp3) is 0.421. The van der Waals surface area contributed by atoms with Crippen molar-refractivity contribution >= 4 is 23.8 Å². The van der Waals surface area contributed by atoms with Gasteiger partial charge in [0.15, 0.2) is 5.78 Å². The highest BCUT2D eigenvalue weighted by molar-refractivity contribution is 6.02. The number of hydrogen-bond acceptors (Lipinski definition) is 6. The molecule has 0 saturated heterocycles. The topological polar surface area (TPSA) is 89.9 Å². The molecule has 0 spiro atoms. The van der Waals surface area contributed by atoms with Crippen molar-refractivity contribution < 1.29 is 29.0 Å². The van der Waals surface area contributed by atoms with Crippen molar-refractivity contribution in [1.82, 2.24) is 0 Å². The van der Waals surface area contributed by atoms with Crippen molar-refractivity contribution in [2.45, 2.75) is 18.9 Å². The Bertz CT molecular complexity index is 676. The van der Waals surface area contributed by atoms with Gasteiger partial charge >= 0.3 is 11.9 Å². The minimum absolute atomic E-state index is 0.317. The normalized spacial score (nSPS) is 29.4. The fourth-order valence-corrected chi connectivity index (χ4v) is 3.36. The molecule has 0 radical (unpaired) electrons. The molecule has 6 nitrogen and oxygen atoms in total. The Morgan fingerprint density at radius 3 is 2.32 bits per heavy atom. The molecular formula is C19H22O6. The number of benzene rings is 1. The molecule has 0 bridgehead atoms. The second-order valence-electron chi connectivity index (χ2n) is 6.35. The largest absolute Gasteiger partial charge is 0.469 e. The smallest absolute Gasteiger partial charge is 0.316 e. The highest BCUT2D eigenvalue weighted by Gasteiger charge is 2.55. The SMILES string of the molecule is COC(=O)C1C(=O)CC(C)(O)C(C(=O)OC)C1/C=C/c1ccccc1. The molecule has 1 aromatic carbocycles. The van der Waals surface area contributed by atoms with Gasteiger partial charge in [0.1, 0.15) is 5.92 Å². The summed E-state index contributed by atoms with van der Waals surface area (Å²) < 4.78 is 9.55. The molecule has 134 valence electrons. The summed E-state index contributed by atoms with van der Waals surface area (Å²) in [6.07, 6.45) is 3.00. The summed E-state index contributed by atoms with van der Waals surface area (Å²) in [4.78, 5) is 36.9. The van der Waals surface area contributed by atoms with Gasteiger partial charge in [-0.2, -0.15) is 0 Å². The number of Topliss-reactive ketones (excluding diaryl/α,β-unsaturated/α-hetero) is 1. The molecule has 1 aliphatic rings. The number of ether oxygens (including phenoxy) is 2. The Labute approximate surface area is 146 Å². The first-order valence-corrected chi connectivity index (χ1v) is 7.96. The number of hydrogen-bond donors (Lipinski definition) is 1. The second kappa shape index (κ2) is 7.61. The first kappa shape index (κ1) is 18.9. The van der Waals surface area contributed by atoms with E-state index >= 15 is 0 Å². The zero-order chi connectivity index (χ0) is 18.6. The number of methoxy groups -OCH3 is 2. The van der Waals surface area contributed by atoms with Gasteiger partial charge in [0, 0.05) is 12.3 Å². The lowest BCUT2D eigenvalue weighted by Crippen LogP contribution is -2.55. The van der Waals surface area contributed by atoms with Crippen LogP contribution < -0.4 is 0 Å². The van der Waals surface area contributed by atoms with Gasteiger partial charge in [0.05, 0.1) is 25.7 Å². The van der Waals surface area contributed by atoms with E-state index < -0.39 is 41.1 Å². The highest BCUT2D eigenvalue weighted by atomic mass is 16.5. The Kier molecular flexibility index (Phi) is 5.74. The van der Waals surface area contributed by atoms with Crippen molar-refractivity contribution in [2.24, 2.45) is 17.8 Å². The summed E-state index contributed by atoms with van der Waals surface area (Å²) >= 11 is 0. The summed E-state index contributed by atoms with van der Waals surface area (Å²) in [5, 5.41) is 10.6. The van der Waals surface area contributed by atoms with Crippen LogP contribution >= 0.6 is 0 Å². The maximum absolute atomic E-state index is 12.4. The van der Waals surface area contributed by atoms with Gasteiger partial charge < -0.3 is 14.6 Å². The standard InChI is InChI=1S/C19H22O6/c1-19(23)11-14(20)15(17(21)24-2)13(16(19)18(22)25-3)10-9-12-7-5-4-6-8-12/h4-10,13,15-16,23H,11H2,1-3H3/b10-9+. The second-order valence-corrected chi connectivity index (χ2v) is 6.35. The van der Waals surface area contributed by atoms with Gasteiger partial charge in [-0.05, 0) is 12.5 Å². The number of aliphatic hydroxyl groups is 1. The molecule has 4 unspecified atom stereocenters. The summed E-state index contributed by atoms with van der Waals surface area (Å²) in [5.74, 6) is -4.93. The lowest BCUT2D eigenvalue weighted by molar-refractivity contribution is -0.172. The van der Waals surface area contributed by atoms with E-state index in [0.29, 0.717) is 0 Å². The van der Waals surface area contributed by atoms with Crippen LogP contribution in [0.1, 0.15) is 18.9 Å². The maximum Gasteiger partial charge on any atom is 0.316 e. The van der Waals surface area contributed by atoms with Crippen LogP contribution in [-0.2, 0) is 23.9 Å². The van der Waals surface area contributed by atoms with E-state index in [2.05, 4.69) is 0 Å². The van der Waals surface area contributed by atoms with Crippen LogP contribution in [-0.4, -0.2) is 42.6 Å². The lowest BCUT2D eigenvalue weighted by Gasteiger charge is -2.42. The minimum Gasteiger partial charge on any atom is -0.469 e. The van der Waals surface area contributed by atoms with Gasteiger partial charge in [-0.1, -0.05) is 42.5 Å². The van der Waals surface area contributed by atoms with Gasteiger partial charge in [-0.3, -0.25) is 14.4 Å². The number of carbonyl (C=O) groups excluding carboxylic acids is 3. The van der Waals surface area contributed by atoms with Crippen LogP contribution in [0.15, 0.2) is 36.4 Å². The minimum atomic E-state index is -1.61. The van der Waals surface area contributed by atoms with E-state index in [1.807, 2.05) is 30.3 Å². The molecule has 4 atom stereocenters. The molecule has 0 heterocycles. The average Bonchev–Trinajstić information content (AvgIpc) is 2.58. The number of rotatable bonds is 4. The molecule has 1 saturated carbocycles. The average molecular weight is 346 g/mol. The van der Waals surface area contributed by atoms with Crippen LogP contribution in [0.5, 0.6) is 0 Å². The molecule has 1 aromatic rings. The molecular weight excluding hydrogens is 324 g/mol. The number of esters is 2. The summed E-state index contributed by atoms with van der Waals surface area (Å²) in [5.41, 5.74) is -0.771. The quantitative estimate of drug-likeness (QED) is 0.658. The molecule has 2 rings (SSSR count). The van der Waals surface area contributed by atoms with Crippen molar-refractivity contribution in [3.63, 3.8) is 0 Å². The molecule has 0 aliphatic heterocycles. The van der Waals surface area contributed by atoms with E-state index in [1.165, 1.54) is 21.1 Å². The van der Waals surface area contributed by atoms with E-state index in [4.69, 9.17) is 9.47 Å². The van der Waals surface area contributed by atoms with Crippen LogP contribution in [0.2, 0.25) is 0 Å². The van der Waals surface area contributed by atoms with Crippen molar-refractivity contribution in [1.29, 1.82) is 0 Å². The Morgan fingerprint density at radius 1 is 1.16 bits per heavy atom. The predicted octanol–water partition coefficient (Wildman–Crippen LogP) is 1.62. The van der Waals surface area contributed by atoms with Gasteiger partial charge in [0.2, 0.25) is 0 Å². The lowest BCUT2D eigenvalue weighted by atomic mass is 9.63. The zero-order valence-corrected chi connectivity index (χ0v) is 14.5. The molecule has 1 fully saturated rings. The number of ketones is 1. The third kappa shape index (κ3) is 3.96. The fourth-order valence-electron chi connectivity index (χ4n) is 3.36. The molecule has 1 aliphatic carbocycles. The molecule has 0 aromatic heterocycles. The zero-order valence-electron chi connectivity index (χ0n) is 14.5. The predicted molar refractivity (Wildman–Crippen MR) is 90.2 cm³/mol. The van der Waals surface area contributed by atoms with Crippen molar-refractivity contribution in [2.75, 3.05) is 14.2 Å². The summed E-state index contributed by atoms with van der Waals surface area (Å²) in [6, 6.07) is 9.24. The Balaban J connectivity index is 2.49. The number of carbonyl (C=O) groups is 3. The number of allylic oxidation sites excluding steroid dienone is 1. The monoisotopic (exact) mass is 346 g/mol. The Hall–Kier alpha value is -2.47. The Morgan fingerprint density at radius 2 is 1.76 bits per heavy atom. The van der Waals surface area contributed by atoms with E-state index in [1.54, 1.807) is 12.2 Å². The van der Waals surface area contributed by atoms with Crippen LogP contribution in [0.4, 0.5) is 0 Å². The van der Waals surface area contributed by atoms with E-state index in [0.717, 1.165) is 5.56 Å². The highest BCUT2D eigenvalue weighted by Crippen LogP contribution is 2.42. The van der Waals surface area contributed by atoms with E-state index in [9.17, 15) is 19.5 Å². The molecule has 25 heavy (non-hydrogen) atoms. The molecule has 6 heteroatoms. The van der Waals surface area contributed by atoms with Crippen LogP contribution in [0, 0.1) is 17.8 Å².